The van der Waals surface area contributed by atoms with Gasteiger partial charge in [-0.3, -0.25) is 29.8 Å². The van der Waals surface area contributed by atoms with Gasteiger partial charge in [0.25, 0.3) is 0 Å². The van der Waals surface area contributed by atoms with Crippen LogP contribution in [0, 0.1) is 11.3 Å². The molecule has 0 unspecified atom stereocenters. The number of carbonyl (C=O) groups is 2. The zero-order valence-corrected chi connectivity index (χ0v) is 29.2. The number of likely N-dealkylation sites (tertiary alicyclic amines) is 1. The minimum absolute atomic E-state index is 0.0382. The third-order valence-electron chi connectivity index (χ3n) is 9.26. The predicted octanol–water partition coefficient (Wildman–Crippen LogP) is 3.22. The summed E-state index contributed by atoms with van der Waals surface area (Å²) < 4.78 is 5.84. The summed E-state index contributed by atoms with van der Waals surface area (Å²) >= 11 is 1.47. The Hall–Kier alpha value is -5.02. The second-order valence-corrected chi connectivity index (χ2v) is 13.6. The Bertz CT molecular complexity index is 1820. The summed E-state index contributed by atoms with van der Waals surface area (Å²) in [7, 11) is 1.63. The lowest BCUT2D eigenvalue weighted by molar-refractivity contribution is -0.132. The molecule has 1 atom stereocenters. The fourth-order valence-corrected chi connectivity index (χ4v) is 7.03. The number of ether oxygens (including phenoxy) is 1. The van der Waals surface area contributed by atoms with E-state index in [1.807, 2.05) is 17.9 Å². The quantitative estimate of drug-likeness (QED) is 0.188. The number of nitrogens with zero attached hydrogens (tertiary/aromatic N) is 8. The number of amidine groups is 1. The number of amides is 2. The van der Waals surface area contributed by atoms with Crippen molar-refractivity contribution < 1.29 is 14.3 Å². The zero-order valence-electron chi connectivity index (χ0n) is 28.4. The van der Waals surface area contributed by atoms with E-state index in [2.05, 4.69) is 29.8 Å². The average molecular weight is 698 g/mol. The van der Waals surface area contributed by atoms with Crippen molar-refractivity contribution in [3.8, 4) is 5.88 Å². The fraction of sp³-hybridized carbons (Fsp3) is 0.429. The Morgan fingerprint density at radius 1 is 1.16 bits per heavy atom. The van der Waals surface area contributed by atoms with E-state index < -0.39 is 0 Å². The molecule has 2 amide bonds. The number of nitrogen functional groups attached to an aromatic ring is 1. The smallest absolute Gasteiger partial charge is 0.237 e. The highest BCUT2D eigenvalue weighted by molar-refractivity contribution is 7.14. The standard InChI is InChI=1S/C35H43N11O3S/c1-3-46(28-9-8-26(36)32(43-28)31(37)23-7-10-29(40-17-23)49-25-5-4-6-25)35(48)24-11-14-44(19-24)20-30(47)45-15-12-22(13-16-45)34-41-18-27(50-34)33(38)42-21-39-2/h7-10,12,17-18,21,24-25,37H,3-6,11,13-16,19-20,36H2,1-2H3,(H2,38,39,42)/t24-/m1/s1. The van der Waals surface area contributed by atoms with Crippen molar-refractivity contribution >= 4 is 58.1 Å². The molecule has 2 aliphatic heterocycles. The Morgan fingerprint density at radius 3 is 2.68 bits per heavy atom. The number of hydrogen-bond donors (Lipinski definition) is 3. The number of nitrogens with one attached hydrogen (secondary N) is 1. The molecule has 3 aromatic heterocycles. The van der Waals surface area contributed by atoms with Gasteiger partial charge in [-0.1, -0.05) is 6.08 Å². The van der Waals surface area contributed by atoms with Gasteiger partial charge in [0.2, 0.25) is 17.7 Å². The van der Waals surface area contributed by atoms with E-state index >= 15 is 0 Å². The normalized spacial score (nSPS) is 18.6. The number of carbonyl (C=O) groups excluding carboxylic acids is 2. The van der Waals surface area contributed by atoms with Crippen LogP contribution in [-0.2, 0) is 9.59 Å². The van der Waals surface area contributed by atoms with Crippen LogP contribution < -0.4 is 21.1 Å². The van der Waals surface area contributed by atoms with Gasteiger partial charge in [-0.05, 0) is 69.3 Å². The molecule has 0 aromatic carbocycles. The number of aromatic nitrogens is 3. The van der Waals surface area contributed by atoms with Crippen LogP contribution in [0.5, 0.6) is 5.88 Å². The van der Waals surface area contributed by atoms with Crippen molar-refractivity contribution in [2.45, 2.75) is 45.1 Å². The van der Waals surface area contributed by atoms with Crippen molar-refractivity contribution in [2.75, 3.05) is 56.9 Å². The van der Waals surface area contributed by atoms with Gasteiger partial charge >= 0.3 is 0 Å². The molecule has 0 radical (unpaired) electrons. The third-order valence-corrected chi connectivity index (χ3v) is 10.4. The number of pyridine rings is 2. The Kier molecular flexibility index (Phi) is 10.9. The Balaban J connectivity index is 1.03. The van der Waals surface area contributed by atoms with Crippen molar-refractivity contribution in [3.63, 3.8) is 0 Å². The van der Waals surface area contributed by atoms with Crippen LogP contribution in [0.3, 0.4) is 0 Å². The average Bonchev–Trinajstić information content (AvgIpc) is 3.81. The van der Waals surface area contributed by atoms with Gasteiger partial charge in [-0.25, -0.2) is 19.9 Å². The zero-order chi connectivity index (χ0) is 35.2. The van der Waals surface area contributed by atoms with E-state index in [1.165, 1.54) is 24.1 Å². The van der Waals surface area contributed by atoms with Crippen molar-refractivity contribution in [1.82, 2.24) is 24.8 Å². The first-order valence-corrected chi connectivity index (χ1v) is 17.7. The van der Waals surface area contributed by atoms with Gasteiger partial charge in [0, 0.05) is 57.3 Å². The van der Waals surface area contributed by atoms with Gasteiger partial charge in [-0.2, -0.15) is 0 Å². The van der Waals surface area contributed by atoms with Crippen molar-refractivity contribution in [2.24, 2.45) is 21.6 Å². The molecule has 0 spiro atoms. The molecule has 5 N–H and O–H groups in total. The molecule has 1 aliphatic carbocycles. The van der Waals surface area contributed by atoms with E-state index in [0.29, 0.717) is 74.3 Å². The molecule has 2 fully saturated rings. The molecule has 6 rings (SSSR count). The molecule has 262 valence electrons. The van der Waals surface area contributed by atoms with Crippen molar-refractivity contribution in [3.05, 3.63) is 63.9 Å². The molecule has 3 aliphatic rings. The van der Waals surface area contributed by atoms with E-state index in [9.17, 15) is 9.59 Å². The number of thiazole rings is 1. The summed E-state index contributed by atoms with van der Waals surface area (Å²) in [6, 6.07) is 6.94. The van der Waals surface area contributed by atoms with Crippen LogP contribution in [0.1, 0.15) is 60.2 Å². The lowest BCUT2D eigenvalue weighted by Crippen LogP contribution is -2.42. The molecule has 1 saturated heterocycles. The second-order valence-electron chi connectivity index (χ2n) is 12.6. The summed E-state index contributed by atoms with van der Waals surface area (Å²) in [5, 5.41) is 9.69. The van der Waals surface area contributed by atoms with Crippen LogP contribution in [0.2, 0.25) is 0 Å². The molecule has 5 heterocycles. The van der Waals surface area contributed by atoms with Crippen LogP contribution in [-0.4, -0.2) is 107 Å². The van der Waals surface area contributed by atoms with E-state index in [-0.39, 0.29) is 41.8 Å². The number of anilines is 2. The second kappa shape index (κ2) is 15.7. The van der Waals surface area contributed by atoms with Gasteiger partial charge in [0.05, 0.1) is 28.7 Å². The van der Waals surface area contributed by atoms with E-state index in [4.69, 9.17) is 21.6 Å². The Labute approximate surface area is 295 Å². The summed E-state index contributed by atoms with van der Waals surface area (Å²) in [6.07, 6.45) is 11.6. The van der Waals surface area contributed by atoms with Crippen LogP contribution in [0.15, 0.2) is 52.7 Å². The highest BCUT2D eigenvalue weighted by atomic mass is 32.1. The van der Waals surface area contributed by atoms with Gasteiger partial charge in [0.15, 0.2) is 0 Å². The fourth-order valence-electron chi connectivity index (χ4n) is 6.14. The molecule has 3 aromatic rings. The maximum absolute atomic E-state index is 13.8. The SMILES string of the molecule is CCN(C(=O)[C@@H]1CCN(CC(=O)N2CC=C(c3ncc(C(N)=NC=NC)s3)CC2)C1)c1ccc(N)c(C(=N)c2ccc(OC3CCC3)nc2)n1. The first-order chi connectivity index (χ1) is 24.2. The van der Waals surface area contributed by atoms with Gasteiger partial charge in [-0.15, -0.1) is 11.3 Å². The molecule has 15 heteroatoms. The lowest BCUT2D eigenvalue weighted by atomic mass is 9.96. The number of hydrogen-bond acceptors (Lipinski definition) is 11. The molecular formula is C35H43N11O3S. The summed E-state index contributed by atoms with van der Waals surface area (Å²) in [5.74, 6) is 1.05. The molecule has 1 saturated carbocycles. The maximum atomic E-state index is 13.8. The van der Waals surface area contributed by atoms with Crippen molar-refractivity contribution in [1.29, 1.82) is 5.41 Å². The minimum Gasteiger partial charge on any atom is -0.474 e. The number of nitrogens with two attached hydrogens (primary N) is 2. The summed E-state index contributed by atoms with van der Waals surface area (Å²) in [6.45, 7) is 4.80. The van der Waals surface area contributed by atoms with Crippen LogP contribution >= 0.6 is 11.3 Å². The van der Waals surface area contributed by atoms with E-state index in [0.717, 1.165) is 28.3 Å². The first kappa shape index (κ1) is 34.8. The largest absolute Gasteiger partial charge is 0.474 e. The highest BCUT2D eigenvalue weighted by Crippen LogP contribution is 2.28. The van der Waals surface area contributed by atoms with E-state index in [1.54, 1.807) is 48.6 Å². The minimum atomic E-state index is -0.274. The number of aliphatic imine (C=N–C) groups is 2. The Morgan fingerprint density at radius 2 is 2.00 bits per heavy atom. The summed E-state index contributed by atoms with van der Waals surface area (Å²) in [5.41, 5.74) is 14.7. The third kappa shape index (κ3) is 7.89. The van der Waals surface area contributed by atoms with Crippen LogP contribution in [0.4, 0.5) is 11.5 Å². The summed E-state index contributed by atoms with van der Waals surface area (Å²) in [4.78, 5) is 54.8. The van der Waals surface area contributed by atoms with Crippen LogP contribution in [0.25, 0.3) is 5.57 Å². The molecule has 50 heavy (non-hydrogen) atoms. The monoisotopic (exact) mass is 697 g/mol. The van der Waals surface area contributed by atoms with Gasteiger partial charge in [0.1, 0.15) is 34.8 Å². The highest BCUT2D eigenvalue weighted by Gasteiger charge is 2.34. The lowest BCUT2D eigenvalue weighted by Gasteiger charge is -2.28. The topological polar surface area (TPSA) is 192 Å². The molecule has 14 nitrogen and oxygen atoms in total. The maximum Gasteiger partial charge on any atom is 0.237 e. The van der Waals surface area contributed by atoms with Gasteiger partial charge < -0.3 is 21.1 Å². The molecule has 0 bridgehead atoms. The number of rotatable bonds is 12. The molecular weight excluding hydrogens is 655 g/mol. The predicted molar refractivity (Wildman–Crippen MR) is 196 cm³/mol. The first-order valence-electron chi connectivity index (χ1n) is 16.9.